The third kappa shape index (κ3) is 2.01. The first-order valence-corrected chi connectivity index (χ1v) is 6.67. The van der Waals surface area contributed by atoms with Crippen LogP contribution in [0.2, 0.25) is 0 Å². The van der Waals surface area contributed by atoms with Crippen LogP contribution in [0.1, 0.15) is 56.2 Å². The molecule has 17 heavy (non-hydrogen) atoms. The summed E-state index contributed by atoms with van der Waals surface area (Å²) in [4.78, 5) is 0. The van der Waals surface area contributed by atoms with Crippen LogP contribution < -0.4 is 0 Å². The maximum atomic E-state index is 11.1. The molecular formula is C16H24O. The molecule has 0 heterocycles. The zero-order valence-electron chi connectivity index (χ0n) is 11.5. The van der Waals surface area contributed by atoms with Crippen molar-refractivity contribution in [3.05, 3.63) is 34.9 Å². The quantitative estimate of drug-likeness (QED) is 0.773. The van der Waals surface area contributed by atoms with Crippen molar-refractivity contribution in [2.75, 3.05) is 0 Å². The monoisotopic (exact) mass is 232 g/mol. The van der Waals surface area contributed by atoms with Gasteiger partial charge in [0.15, 0.2) is 0 Å². The van der Waals surface area contributed by atoms with E-state index in [1.807, 2.05) is 0 Å². The number of aliphatic hydroxyl groups is 1. The molecular weight excluding hydrogens is 208 g/mol. The molecule has 0 aromatic heterocycles. The molecule has 1 aromatic carbocycles. The van der Waals surface area contributed by atoms with Crippen molar-refractivity contribution in [1.29, 1.82) is 0 Å². The fraction of sp³-hybridized carbons (Fsp3) is 0.625. The van der Waals surface area contributed by atoms with Crippen molar-refractivity contribution in [2.45, 2.75) is 59.0 Å². The van der Waals surface area contributed by atoms with Crippen LogP contribution in [0.4, 0.5) is 0 Å². The molecule has 2 rings (SSSR count). The van der Waals surface area contributed by atoms with Crippen molar-refractivity contribution in [1.82, 2.24) is 0 Å². The SMILES string of the molecule is Cc1ccc(C2(O)CCCCC2(C)C)c(C)c1. The molecule has 0 spiro atoms. The fourth-order valence-electron chi connectivity index (χ4n) is 3.27. The molecule has 1 saturated carbocycles. The van der Waals surface area contributed by atoms with Gasteiger partial charge in [-0.15, -0.1) is 0 Å². The van der Waals surface area contributed by atoms with E-state index < -0.39 is 5.60 Å². The lowest BCUT2D eigenvalue weighted by Gasteiger charge is -2.47. The summed E-state index contributed by atoms with van der Waals surface area (Å²) in [5.41, 5.74) is 2.95. The Morgan fingerprint density at radius 2 is 1.71 bits per heavy atom. The second-order valence-electron chi connectivity index (χ2n) is 6.27. The minimum absolute atomic E-state index is 0.0226. The van der Waals surface area contributed by atoms with Crippen LogP contribution in [-0.2, 0) is 5.60 Å². The van der Waals surface area contributed by atoms with Crippen molar-refractivity contribution >= 4 is 0 Å². The van der Waals surface area contributed by atoms with Crippen molar-refractivity contribution < 1.29 is 5.11 Å². The summed E-state index contributed by atoms with van der Waals surface area (Å²) < 4.78 is 0. The molecule has 0 saturated heterocycles. The van der Waals surface area contributed by atoms with Gasteiger partial charge in [0.25, 0.3) is 0 Å². The molecule has 94 valence electrons. The lowest BCUT2D eigenvalue weighted by molar-refractivity contribution is -0.104. The van der Waals surface area contributed by atoms with Gasteiger partial charge in [-0.05, 0) is 43.2 Å². The highest BCUT2D eigenvalue weighted by Gasteiger charge is 2.46. The van der Waals surface area contributed by atoms with E-state index in [1.165, 1.54) is 17.5 Å². The standard InChI is InChI=1S/C16H24O/c1-12-7-8-14(13(2)11-12)16(17)10-6-5-9-15(16,3)4/h7-8,11,17H,5-6,9-10H2,1-4H3. The van der Waals surface area contributed by atoms with Gasteiger partial charge in [0.1, 0.15) is 0 Å². The number of hydrogen-bond donors (Lipinski definition) is 1. The lowest BCUT2D eigenvalue weighted by atomic mass is 9.62. The number of hydrogen-bond acceptors (Lipinski definition) is 1. The molecule has 1 nitrogen and oxygen atoms in total. The Balaban J connectivity index is 2.49. The van der Waals surface area contributed by atoms with E-state index in [0.717, 1.165) is 24.8 Å². The molecule has 1 N–H and O–H groups in total. The first kappa shape index (κ1) is 12.6. The Hall–Kier alpha value is -0.820. The third-order valence-corrected chi connectivity index (χ3v) is 4.54. The predicted molar refractivity (Wildman–Crippen MR) is 72.1 cm³/mol. The fourth-order valence-corrected chi connectivity index (χ4v) is 3.27. The normalized spacial score (nSPS) is 28.1. The highest BCUT2D eigenvalue weighted by Crippen LogP contribution is 2.50. The van der Waals surface area contributed by atoms with E-state index in [0.29, 0.717) is 0 Å². The molecule has 0 radical (unpaired) electrons. The summed E-state index contributed by atoms with van der Waals surface area (Å²) in [6, 6.07) is 6.42. The Labute approximate surface area is 105 Å². The minimum atomic E-state index is -0.650. The second kappa shape index (κ2) is 4.13. The molecule has 1 unspecified atom stereocenters. The molecule has 1 atom stereocenters. The van der Waals surface area contributed by atoms with Crippen LogP contribution in [0.25, 0.3) is 0 Å². The van der Waals surface area contributed by atoms with E-state index in [2.05, 4.69) is 45.9 Å². The van der Waals surface area contributed by atoms with Crippen LogP contribution in [0.15, 0.2) is 18.2 Å². The van der Waals surface area contributed by atoms with Gasteiger partial charge in [-0.3, -0.25) is 0 Å². The van der Waals surface area contributed by atoms with Gasteiger partial charge in [-0.25, -0.2) is 0 Å². The molecule has 0 amide bonds. The van der Waals surface area contributed by atoms with Crippen LogP contribution in [0.3, 0.4) is 0 Å². The van der Waals surface area contributed by atoms with Crippen LogP contribution in [0, 0.1) is 19.3 Å². The van der Waals surface area contributed by atoms with Crippen molar-refractivity contribution in [3.63, 3.8) is 0 Å². The molecule has 1 aliphatic rings. The molecule has 0 bridgehead atoms. The molecule has 1 heteroatoms. The smallest absolute Gasteiger partial charge is 0.0949 e. The van der Waals surface area contributed by atoms with Crippen molar-refractivity contribution in [2.24, 2.45) is 5.41 Å². The summed E-state index contributed by atoms with van der Waals surface area (Å²) in [7, 11) is 0. The van der Waals surface area contributed by atoms with E-state index in [-0.39, 0.29) is 5.41 Å². The summed E-state index contributed by atoms with van der Waals surface area (Å²) in [6.45, 7) is 8.62. The first-order chi connectivity index (χ1) is 7.87. The summed E-state index contributed by atoms with van der Waals surface area (Å²) in [5, 5.41) is 11.1. The predicted octanol–water partition coefficient (Wildman–Crippen LogP) is 4.09. The van der Waals surface area contributed by atoms with Gasteiger partial charge >= 0.3 is 0 Å². The highest BCUT2D eigenvalue weighted by molar-refractivity contribution is 5.36. The Kier molecular flexibility index (Phi) is 3.07. The highest BCUT2D eigenvalue weighted by atomic mass is 16.3. The van der Waals surface area contributed by atoms with E-state index in [4.69, 9.17) is 0 Å². The number of benzene rings is 1. The van der Waals surface area contributed by atoms with Gasteiger partial charge in [0.2, 0.25) is 0 Å². The molecule has 1 aliphatic carbocycles. The molecule has 1 fully saturated rings. The topological polar surface area (TPSA) is 20.2 Å². The first-order valence-electron chi connectivity index (χ1n) is 6.67. The molecule has 1 aromatic rings. The maximum Gasteiger partial charge on any atom is 0.0949 e. The number of aryl methyl sites for hydroxylation is 2. The van der Waals surface area contributed by atoms with Gasteiger partial charge in [-0.1, -0.05) is 50.5 Å². The van der Waals surface area contributed by atoms with Gasteiger partial charge < -0.3 is 5.11 Å². The summed E-state index contributed by atoms with van der Waals surface area (Å²) in [6.07, 6.45) is 4.37. The average molecular weight is 232 g/mol. The zero-order chi connectivity index (χ0) is 12.7. The van der Waals surface area contributed by atoms with Crippen LogP contribution >= 0.6 is 0 Å². The Bertz CT molecular complexity index is 420. The summed E-state index contributed by atoms with van der Waals surface area (Å²) in [5.74, 6) is 0. The van der Waals surface area contributed by atoms with E-state index >= 15 is 0 Å². The largest absolute Gasteiger partial charge is 0.385 e. The van der Waals surface area contributed by atoms with E-state index in [9.17, 15) is 5.11 Å². The average Bonchev–Trinajstić information content (AvgIpc) is 2.22. The van der Waals surface area contributed by atoms with Crippen LogP contribution in [-0.4, -0.2) is 5.11 Å². The second-order valence-corrected chi connectivity index (χ2v) is 6.27. The lowest BCUT2D eigenvalue weighted by Crippen LogP contribution is -2.44. The number of rotatable bonds is 1. The van der Waals surface area contributed by atoms with Gasteiger partial charge in [0, 0.05) is 0 Å². The van der Waals surface area contributed by atoms with Crippen LogP contribution in [0.5, 0.6) is 0 Å². The molecule has 0 aliphatic heterocycles. The Morgan fingerprint density at radius 3 is 2.29 bits per heavy atom. The van der Waals surface area contributed by atoms with Gasteiger partial charge in [0.05, 0.1) is 5.60 Å². The maximum absolute atomic E-state index is 11.1. The van der Waals surface area contributed by atoms with Crippen molar-refractivity contribution in [3.8, 4) is 0 Å². The zero-order valence-corrected chi connectivity index (χ0v) is 11.5. The van der Waals surface area contributed by atoms with E-state index in [1.54, 1.807) is 0 Å². The summed E-state index contributed by atoms with van der Waals surface area (Å²) >= 11 is 0. The third-order valence-electron chi connectivity index (χ3n) is 4.54. The minimum Gasteiger partial charge on any atom is -0.385 e. The van der Waals surface area contributed by atoms with Gasteiger partial charge in [-0.2, -0.15) is 0 Å². The Morgan fingerprint density at radius 1 is 1.06 bits per heavy atom.